The van der Waals surface area contributed by atoms with Crippen LogP contribution in [0.2, 0.25) is 0 Å². The van der Waals surface area contributed by atoms with Crippen LogP contribution in [-0.4, -0.2) is 34.9 Å². The number of hydrogen-bond acceptors (Lipinski definition) is 2. The quantitative estimate of drug-likeness (QED) is 0.459. The SMILES string of the molecule is CC1=CN(C)CC=C1C(C)NC(=N)Cc1ccc2c(ccn2CCC2=CC=CCC2)c1. The highest BCUT2D eigenvalue weighted by Crippen LogP contribution is 2.22. The van der Waals surface area contributed by atoms with Gasteiger partial charge in [-0.2, -0.15) is 0 Å². The van der Waals surface area contributed by atoms with Crippen LogP contribution in [-0.2, 0) is 13.0 Å². The van der Waals surface area contributed by atoms with Gasteiger partial charge in [0.2, 0.25) is 0 Å². The molecule has 2 N–H and O–H groups in total. The standard InChI is InChI=1S/C27H34N4/c1-20-19-30(3)14-13-25(20)21(2)29-27(28)18-23-9-10-26-24(17-23)12-16-31(26)15-11-22-7-5-4-6-8-22/h4-5,7,9-10,12-13,16-17,19,21H,6,8,11,14-15,18H2,1-3H3,(H2,28,29). The predicted molar refractivity (Wildman–Crippen MR) is 132 cm³/mol. The molecular formula is C27H34N4. The summed E-state index contributed by atoms with van der Waals surface area (Å²) in [5, 5.41) is 13.1. The fraction of sp³-hybridized carbons (Fsp3) is 0.370. The molecule has 1 aliphatic carbocycles. The van der Waals surface area contributed by atoms with Gasteiger partial charge in [-0.3, -0.25) is 5.41 Å². The minimum absolute atomic E-state index is 0.145. The molecule has 2 aromatic rings. The molecule has 0 bridgehead atoms. The lowest BCUT2D eigenvalue weighted by atomic mass is 9.98. The number of hydrogen-bond donors (Lipinski definition) is 2. The number of aromatic nitrogens is 1. The number of likely N-dealkylation sites (N-methyl/N-ethyl adjacent to an activating group) is 1. The van der Waals surface area contributed by atoms with Crippen LogP contribution in [0.25, 0.3) is 10.9 Å². The van der Waals surface area contributed by atoms with Gasteiger partial charge in [-0.15, -0.1) is 0 Å². The Hall–Kier alpha value is -3.01. The largest absolute Gasteiger partial charge is 0.376 e. The van der Waals surface area contributed by atoms with E-state index >= 15 is 0 Å². The van der Waals surface area contributed by atoms with Crippen molar-refractivity contribution in [1.29, 1.82) is 5.41 Å². The van der Waals surface area contributed by atoms with Crippen molar-refractivity contribution in [2.45, 2.75) is 52.1 Å². The molecule has 0 spiro atoms. The minimum Gasteiger partial charge on any atom is -0.376 e. The molecule has 1 atom stereocenters. The molecule has 1 unspecified atom stereocenters. The third-order valence-electron chi connectivity index (χ3n) is 6.32. The molecule has 0 amide bonds. The van der Waals surface area contributed by atoms with Crippen molar-refractivity contribution in [3.8, 4) is 0 Å². The molecule has 1 aromatic carbocycles. The Labute approximate surface area is 186 Å². The van der Waals surface area contributed by atoms with E-state index in [0.717, 1.165) is 19.5 Å². The van der Waals surface area contributed by atoms with Crippen LogP contribution in [0.1, 0.15) is 38.7 Å². The lowest BCUT2D eigenvalue weighted by molar-refractivity contribution is 0.492. The Balaban J connectivity index is 1.36. The Kier molecular flexibility index (Phi) is 6.45. The van der Waals surface area contributed by atoms with Crippen molar-refractivity contribution < 1.29 is 0 Å². The van der Waals surface area contributed by atoms with Gasteiger partial charge in [0.05, 0.1) is 5.84 Å². The van der Waals surface area contributed by atoms with E-state index < -0.39 is 0 Å². The van der Waals surface area contributed by atoms with Crippen molar-refractivity contribution in [2.75, 3.05) is 13.6 Å². The van der Waals surface area contributed by atoms with Crippen LogP contribution in [0.5, 0.6) is 0 Å². The lowest BCUT2D eigenvalue weighted by Gasteiger charge is -2.26. The third-order valence-corrected chi connectivity index (χ3v) is 6.32. The zero-order valence-electron chi connectivity index (χ0n) is 19.0. The highest BCUT2D eigenvalue weighted by atomic mass is 15.1. The van der Waals surface area contributed by atoms with Crippen LogP contribution in [0.15, 0.2) is 77.7 Å². The van der Waals surface area contributed by atoms with Crippen molar-refractivity contribution in [3.05, 3.63) is 83.2 Å². The number of rotatable bonds is 7. The van der Waals surface area contributed by atoms with Gasteiger partial charge in [-0.1, -0.05) is 35.9 Å². The first-order valence-electron chi connectivity index (χ1n) is 11.3. The molecule has 0 fully saturated rings. The van der Waals surface area contributed by atoms with Crippen molar-refractivity contribution in [3.63, 3.8) is 0 Å². The average molecular weight is 415 g/mol. The van der Waals surface area contributed by atoms with Gasteiger partial charge in [-0.25, -0.2) is 0 Å². The summed E-state index contributed by atoms with van der Waals surface area (Å²) in [6.45, 7) is 6.23. The van der Waals surface area contributed by atoms with Crippen molar-refractivity contribution in [2.24, 2.45) is 0 Å². The second-order valence-corrected chi connectivity index (χ2v) is 8.88. The summed E-state index contributed by atoms with van der Waals surface area (Å²) in [7, 11) is 2.09. The maximum atomic E-state index is 8.49. The molecule has 4 nitrogen and oxygen atoms in total. The first-order valence-corrected chi connectivity index (χ1v) is 11.3. The van der Waals surface area contributed by atoms with Gasteiger partial charge in [0.25, 0.3) is 0 Å². The molecule has 4 rings (SSSR count). The molecule has 0 saturated heterocycles. The van der Waals surface area contributed by atoms with E-state index in [0.29, 0.717) is 12.3 Å². The Morgan fingerprint density at radius 1 is 1.26 bits per heavy atom. The fourth-order valence-electron chi connectivity index (χ4n) is 4.65. The van der Waals surface area contributed by atoms with Crippen LogP contribution in [0, 0.1) is 5.41 Å². The van der Waals surface area contributed by atoms with Crippen LogP contribution in [0.3, 0.4) is 0 Å². The van der Waals surface area contributed by atoms with Gasteiger partial charge in [0.1, 0.15) is 0 Å². The Bertz CT molecular complexity index is 1080. The average Bonchev–Trinajstić information content (AvgIpc) is 3.15. The van der Waals surface area contributed by atoms with Gasteiger partial charge in [0, 0.05) is 50.5 Å². The van der Waals surface area contributed by atoms with Crippen LogP contribution in [0.4, 0.5) is 0 Å². The summed E-state index contributed by atoms with van der Waals surface area (Å²) in [5.41, 5.74) is 6.56. The summed E-state index contributed by atoms with van der Waals surface area (Å²) in [5.74, 6) is 0.566. The van der Waals surface area contributed by atoms with Crippen LogP contribution >= 0.6 is 0 Å². The molecule has 0 saturated carbocycles. The first kappa shape index (κ1) is 21.2. The molecule has 0 radical (unpaired) electrons. The van der Waals surface area contributed by atoms with E-state index in [1.165, 1.54) is 40.5 Å². The summed E-state index contributed by atoms with van der Waals surface area (Å²) >= 11 is 0. The van der Waals surface area contributed by atoms with E-state index in [4.69, 9.17) is 5.41 Å². The number of allylic oxidation sites excluding steroid dienone is 4. The summed E-state index contributed by atoms with van der Waals surface area (Å²) in [6, 6.07) is 8.96. The fourth-order valence-corrected chi connectivity index (χ4v) is 4.65. The van der Waals surface area contributed by atoms with E-state index in [9.17, 15) is 0 Å². The second kappa shape index (κ2) is 9.42. The maximum Gasteiger partial charge on any atom is 0.0981 e. The molecule has 31 heavy (non-hydrogen) atoms. The Morgan fingerprint density at radius 2 is 2.13 bits per heavy atom. The topological polar surface area (TPSA) is 44.1 Å². The first-order chi connectivity index (χ1) is 15.0. The zero-order chi connectivity index (χ0) is 21.8. The number of aryl methyl sites for hydroxylation is 1. The van der Waals surface area contributed by atoms with E-state index in [2.05, 4.69) is 96.6 Å². The number of nitrogens with zero attached hydrogens (tertiary/aromatic N) is 2. The normalized spacial score (nSPS) is 17.3. The maximum absolute atomic E-state index is 8.49. The molecule has 162 valence electrons. The second-order valence-electron chi connectivity index (χ2n) is 8.88. The third kappa shape index (κ3) is 5.19. The summed E-state index contributed by atoms with van der Waals surface area (Å²) < 4.78 is 2.35. The molecular weight excluding hydrogens is 380 g/mol. The molecule has 4 heteroatoms. The van der Waals surface area contributed by atoms with Crippen molar-refractivity contribution >= 4 is 16.7 Å². The smallest absolute Gasteiger partial charge is 0.0981 e. The number of benzene rings is 1. The number of fused-ring (bicyclic) bond motifs is 1. The van der Waals surface area contributed by atoms with E-state index in [-0.39, 0.29) is 6.04 Å². The number of nitrogens with one attached hydrogen (secondary N) is 2. The molecule has 1 aromatic heterocycles. The van der Waals surface area contributed by atoms with Crippen LogP contribution < -0.4 is 5.32 Å². The Morgan fingerprint density at radius 3 is 2.90 bits per heavy atom. The van der Waals surface area contributed by atoms with Gasteiger partial charge >= 0.3 is 0 Å². The zero-order valence-corrected chi connectivity index (χ0v) is 19.0. The van der Waals surface area contributed by atoms with Gasteiger partial charge in [-0.05, 0) is 73.4 Å². The van der Waals surface area contributed by atoms with Gasteiger partial charge in [0.15, 0.2) is 0 Å². The lowest BCUT2D eigenvalue weighted by Crippen LogP contribution is -2.36. The highest BCUT2D eigenvalue weighted by Gasteiger charge is 2.15. The monoisotopic (exact) mass is 414 g/mol. The highest BCUT2D eigenvalue weighted by molar-refractivity contribution is 5.85. The predicted octanol–water partition coefficient (Wildman–Crippen LogP) is 5.58. The molecule has 2 heterocycles. The molecule has 2 aliphatic rings. The minimum atomic E-state index is 0.145. The number of amidine groups is 1. The van der Waals surface area contributed by atoms with E-state index in [1.54, 1.807) is 5.57 Å². The summed E-state index contributed by atoms with van der Waals surface area (Å²) in [6.07, 6.45) is 17.4. The molecule has 1 aliphatic heterocycles. The summed E-state index contributed by atoms with van der Waals surface area (Å²) in [4.78, 5) is 2.18. The van der Waals surface area contributed by atoms with E-state index in [1.807, 2.05) is 0 Å². The van der Waals surface area contributed by atoms with Gasteiger partial charge < -0.3 is 14.8 Å². The van der Waals surface area contributed by atoms with Crippen molar-refractivity contribution in [1.82, 2.24) is 14.8 Å².